The van der Waals surface area contributed by atoms with Crippen molar-refractivity contribution >= 4 is 11.8 Å². The highest BCUT2D eigenvalue weighted by Gasteiger charge is 2.27. The average Bonchev–Trinajstić information content (AvgIpc) is 2.70. The smallest absolute Gasteiger partial charge is 0.312 e. The number of benzene rings is 1. The number of aromatic nitrogens is 2. The van der Waals surface area contributed by atoms with Crippen molar-refractivity contribution in [2.75, 3.05) is 12.3 Å². The van der Waals surface area contributed by atoms with Gasteiger partial charge >= 0.3 is 5.51 Å². The first kappa shape index (κ1) is 17.7. The Morgan fingerprint density at radius 3 is 2.48 bits per heavy atom. The van der Waals surface area contributed by atoms with Crippen molar-refractivity contribution in [2.45, 2.75) is 19.0 Å². The Bertz CT molecular complexity index is 707. The summed E-state index contributed by atoms with van der Waals surface area (Å²) in [6.07, 6.45) is 0. The number of rotatable bonds is 6. The van der Waals surface area contributed by atoms with E-state index in [-0.39, 0.29) is 36.2 Å². The first-order chi connectivity index (χ1) is 10.8. The monoisotopic (exact) mass is 345 g/mol. The fourth-order valence-corrected chi connectivity index (χ4v) is 2.76. The van der Waals surface area contributed by atoms with Gasteiger partial charge in [-0.05, 0) is 30.8 Å². The van der Waals surface area contributed by atoms with Gasteiger partial charge in [0.2, 0.25) is 0 Å². The Kier molecular flexibility index (Phi) is 5.59. The molecule has 1 N–H and O–H groups in total. The molecule has 1 aromatic heterocycles. The van der Waals surface area contributed by atoms with Gasteiger partial charge in [-0.2, -0.15) is 13.2 Å². The molecule has 0 atom stereocenters. The molecule has 1 heterocycles. The summed E-state index contributed by atoms with van der Waals surface area (Å²) in [5, 5.41) is 2.90. The number of para-hydroxylation sites is 1. The Hall–Kier alpha value is -1.67. The quantitative estimate of drug-likeness (QED) is 0.819. The van der Waals surface area contributed by atoms with Gasteiger partial charge in [0.15, 0.2) is 0 Å². The van der Waals surface area contributed by atoms with Gasteiger partial charge in [0.05, 0.1) is 11.3 Å². The lowest BCUT2D eigenvalue weighted by molar-refractivity contribution is -0.0327. The van der Waals surface area contributed by atoms with Crippen LogP contribution in [0.5, 0.6) is 0 Å². The van der Waals surface area contributed by atoms with Crippen molar-refractivity contribution in [2.24, 2.45) is 7.05 Å². The summed E-state index contributed by atoms with van der Waals surface area (Å²) < 4.78 is 39.5. The topological polar surface area (TPSA) is 39.0 Å². The number of alkyl halides is 3. The Labute approximate surface area is 136 Å². The van der Waals surface area contributed by atoms with Gasteiger partial charge in [-0.1, -0.05) is 18.2 Å². The van der Waals surface area contributed by atoms with Crippen molar-refractivity contribution in [3.63, 3.8) is 0 Å². The largest absolute Gasteiger partial charge is 0.441 e. The van der Waals surface area contributed by atoms with E-state index in [1.165, 1.54) is 0 Å². The molecule has 4 nitrogen and oxygen atoms in total. The zero-order valence-electron chi connectivity index (χ0n) is 12.9. The minimum atomic E-state index is -4.22. The highest BCUT2D eigenvalue weighted by atomic mass is 32.2. The van der Waals surface area contributed by atoms with Gasteiger partial charge in [-0.15, -0.1) is 0 Å². The van der Waals surface area contributed by atoms with Gasteiger partial charge < -0.3 is 5.32 Å². The Balaban J connectivity index is 2.08. The summed E-state index contributed by atoms with van der Waals surface area (Å²) in [5.41, 5.74) is -2.28. The van der Waals surface area contributed by atoms with Crippen LogP contribution < -0.4 is 10.9 Å². The normalized spacial score (nSPS) is 11.9. The Morgan fingerprint density at radius 2 is 1.87 bits per heavy atom. The molecule has 0 aliphatic heterocycles. The van der Waals surface area contributed by atoms with Gasteiger partial charge in [0, 0.05) is 31.6 Å². The third-order valence-corrected chi connectivity index (χ3v) is 4.26. The number of nitrogens with zero attached hydrogens (tertiary/aromatic N) is 2. The summed E-state index contributed by atoms with van der Waals surface area (Å²) in [7, 11) is 1.78. The highest BCUT2D eigenvalue weighted by Crippen LogP contribution is 2.29. The summed E-state index contributed by atoms with van der Waals surface area (Å²) in [6.45, 7) is 2.25. The van der Waals surface area contributed by atoms with Gasteiger partial charge in [-0.25, -0.2) is 4.68 Å². The molecule has 0 fully saturated rings. The standard InChI is InChI=1S/C15H18F3N3OS/c1-11-13(10-19-8-9-23-15(16,17)18)14(22)21(20(11)2)12-6-4-3-5-7-12/h3-7,19H,8-10H2,1-2H3. The Morgan fingerprint density at radius 1 is 1.22 bits per heavy atom. The number of hydrogen-bond donors (Lipinski definition) is 1. The summed E-state index contributed by atoms with van der Waals surface area (Å²) in [4.78, 5) is 12.6. The molecule has 0 radical (unpaired) electrons. The lowest BCUT2D eigenvalue weighted by atomic mass is 10.2. The van der Waals surface area contributed by atoms with Crippen LogP contribution in [-0.4, -0.2) is 27.2 Å². The number of thioether (sulfide) groups is 1. The highest BCUT2D eigenvalue weighted by molar-refractivity contribution is 8.00. The third kappa shape index (κ3) is 4.42. The number of hydrogen-bond acceptors (Lipinski definition) is 3. The first-order valence-electron chi connectivity index (χ1n) is 7.05. The van der Waals surface area contributed by atoms with E-state index in [0.29, 0.717) is 5.56 Å². The van der Waals surface area contributed by atoms with E-state index in [0.717, 1.165) is 11.4 Å². The van der Waals surface area contributed by atoms with E-state index in [4.69, 9.17) is 0 Å². The van der Waals surface area contributed by atoms with Crippen LogP contribution in [0.25, 0.3) is 5.69 Å². The fraction of sp³-hybridized carbons (Fsp3) is 0.400. The summed E-state index contributed by atoms with van der Waals surface area (Å²) >= 11 is -0.0687. The van der Waals surface area contributed by atoms with Crippen LogP contribution in [0, 0.1) is 6.92 Å². The van der Waals surface area contributed by atoms with E-state index in [1.54, 1.807) is 16.4 Å². The molecule has 8 heteroatoms. The molecule has 2 rings (SSSR count). The molecule has 0 saturated carbocycles. The molecule has 0 aliphatic carbocycles. The minimum Gasteiger partial charge on any atom is -0.312 e. The van der Waals surface area contributed by atoms with E-state index in [1.807, 2.05) is 37.3 Å². The lowest BCUT2D eigenvalue weighted by Gasteiger charge is -2.07. The van der Waals surface area contributed by atoms with Crippen LogP contribution in [-0.2, 0) is 13.6 Å². The molecule has 2 aromatic rings. The van der Waals surface area contributed by atoms with Gasteiger partial charge in [-0.3, -0.25) is 9.48 Å². The third-order valence-electron chi connectivity index (χ3n) is 3.52. The molecule has 126 valence electrons. The van der Waals surface area contributed by atoms with Crippen LogP contribution in [0.1, 0.15) is 11.3 Å². The van der Waals surface area contributed by atoms with Crippen LogP contribution in [0.2, 0.25) is 0 Å². The maximum absolute atomic E-state index is 12.6. The average molecular weight is 345 g/mol. The van der Waals surface area contributed by atoms with Crippen LogP contribution in [0.3, 0.4) is 0 Å². The predicted octanol–water partition coefficient (Wildman–Crippen LogP) is 2.83. The molecular weight excluding hydrogens is 327 g/mol. The second kappa shape index (κ2) is 7.27. The minimum absolute atomic E-state index is 0.0687. The maximum Gasteiger partial charge on any atom is 0.441 e. The van der Waals surface area contributed by atoms with E-state index in [2.05, 4.69) is 5.32 Å². The fourth-order valence-electron chi connectivity index (χ4n) is 2.28. The molecular formula is C15H18F3N3OS. The summed E-state index contributed by atoms with van der Waals surface area (Å²) in [5.74, 6) is -0.0811. The van der Waals surface area contributed by atoms with Crippen molar-refractivity contribution in [3.8, 4) is 5.69 Å². The van der Waals surface area contributed by atoms with Crippen molar-refractivity contribution in [3.05, 3.63) is 51.9 Å². The van der Waals surface area contributed by atoms with E-state index in [9.17, 15) is 18.0 Å². The first-order valence-corrected chi connectivity index (χ1v) is 8.04. The molecule has 0 aliphatic rings. The molecule has 0 amide bonds. The number of nitrogens with one attached hydrogen (secondary N) is 1. The predicted molar refractivity (Wildman–Crippen MR) is 86.0 cm³/mol. The van der Waals surface area contributed by atoms with Crippen LogP contribution in [0.4, 0.5) is 13.2 Å². The van der Waals surface area contributed by atoms with Crippen molar-refractivity contribution in [1.29, 1.82) is 0 Å². The van der Waals surface area contributed by atoms with Gasteiger partial charge in [0.1, 0.15) is 0 Å². The lowest BCUT2D eigenvalue weighted by Crippen LogP contribution is -2.25. The molecule has 1 aromatic carbocycles. The number of halogens is 3. The van der Waals surface area contributed by atoms with E-state index < -0.39 is 5.51 Å². The van der Waals surface area contributed by atoms with E-state index >= 15 is 0 Å². The molecule has 0 spiro atoms. The molecule has 0 saturated heterocycles. The SMILES string of the molecule is Cc1c(CNCCSC(F)(F)F)c(=O)n(-c2ccccc2)n1C. The molecule has 23 heavy (non-hydrogen) atoms. The van der Waals surface area contributed by atoms with Crippen LogP contribution >= 0.6 is 11.8 Å². The van der Waals surface area contributed by atoms with Crippen molar-refractivity contribution < 1.29 is 13.2 Å². The van der Waals surface area contributed by atoms with Crippen LogP contribution in [0.15, 0.2) is 35.1 Å². The second-order valence-electron chi connectivity index (χ2n) is 5.01. The van der Waals surface area contributed by atoms with Gasteiger partial charge in [0.25, 0.3) is 5.56 Å². The summed E-state index contributed by atoms with van der Waals surface area (Å²) in [6, 6.07) is 9.22. The zero-order chi connectivity index (χ0) is 17.0. The second-order valence-corrected chi connectivity index (χ2v) is 6.17. The van der Waals surface area contributed by atoms with Crippen molar-refractivity contribution in [1.82, 2.24) is 14.7 Å². The maximum atomic E-state index is 12.6. The molecule has 0 unspecified atom stereocenters. The zero-order valence-corrected chi connectivity index (χ0v) is 13.7. The molecule has 0 bridgehead atoms.